The zero-order valence-corrected chi connectivity index (χ0v) is 18.7. The van der Waals surface area contributed by atoms with E-state index >= 15 is 0 Å². The number of hydrogen-bond donors (Lipinski definition) is 2. The highest BCUT2D eigenvalue weighted by molar-refractivity contribution is 7.99. The smallest absolute Gasteiger partial charge is 0.0611 e. The number of benzene rings is 2. The van der Waals surface area contributed by atoms with Gasteiger partial charge in [0, 0.05) is 16.2 Å². The van der Waals surface area contributed by atoms with E-state index < -0.39 is 0 Å². The molecule has 2 aromatic rings. The van der Waals surface area contributed by atoms with Crippen LogP contribution in [-0.4, -0.2) is 23.0 Å². The zero-order chi connectivity index (χ0) is 20.4. The third kappa shape index (κ3) is 4.73. The van der Waals surface area contributed by atoms with Crippen LogP contribution in [0, 0.1) is 5.92 Å². The van der Waals surface area contributed by atoms with Crippen LogP contribution in [0.2, 0.25) is 0 Å². The summed E-state index contributed by atoms with van der Waals surface area (Å²) < 4.78 is 0. The summed E-state index contributed by atoms with van der Waals surface area (Å²) in [6.07, 6.45) is 6.63. The summed E-state index contributed by atoms with van der Waals surface area (Å²) >= 11 is 2.04. The first-order valence-corrected chi connectivity index (χ1v) is 12.2. The molecule has 1 unspecified atom stereocenters. The maximum absolute atomic E-state index is 9.56. The Morgan fingerprint density at radius 2 is 1.97 bits per heavy atom. The van der Waals surface area contributed by atoms with Gasteiger partial charge in [0.1, 0.15) is 0 Å². The van der Waals surface area contributed by atoms with E-state index in [9.17, 15) is 5.11 Å². The topological polar surface area (TPSA) is 46.2 Å². The monoisotopic (exact) mass is 409 g/mol. The fraction of sp³-hybridized carbons (Fsp3) is 0.538. The maximum Gasteiger partial charge on any atom is 0.0611 e. The van der Waals surface area contributed by atoms with Crippen molar-refractivity contribution in [2.45, 2.75) is 74.6 Å². The molecule has 2 aliphatic rings. The highest BCUT2D eigenvalue weighted by atomic mass is 32.2. The Morgan fingerprint density at radius 3 is 2.72 bits per heavy atom. The molecule has 0 heterocycles. The minimum absolute atomic E-state index is 0.105. The van der Waals surface area contributed by atoms with Crippen molar-refractivity contribution < 1.29 is 5.11 Å². The molecule has 0 spiro atoms. The second-order valence-corrected chi connectivity index (χ2v) is 10.7. The van der Waals surface area contributed by atoms with Crippen molar-refractivity contribution in [1.29, 1.82) is 0 Å². The zero-order valence-electron chi connectivity index (χ0n) is 17.9. The first kappa shape index (κ1) is 21.0. The van der Waals surface area contributed by atoms with Gasteiger partial charge in [0.25, 0.3) is 0 Å². The Kier molecular flexibility index (Phi) is 6.38. The molecule has 3 atom stereocenters. The molecule has 0 amide bonds. The lowest BCUT2D eigenvalue weighted by atomic mass is 9.82. The first-order chi connectivity index (χ1) is 14.0. The van der Waals surface area contributed by atoms with Crippen LogP contribution in [-0.2, 0) is 12.8 Å². The molecule has 4 rings (SSSR count). The average molecular weight is 410 g/mol. The number of aryl methyl sites for hydroxylation is 1. The van der Waals surface area contributed by atoms with Crippen LogP contribution in [0.5, 0.6) is 0 Å². The van der Waals surface area contributed by atoms with Gasteiger partial charge in [0.2, 0.25) is 0 Å². The molecule has 1 saturated carbocycles. The third-order valence-electron chi connectivity index (χ3n) is 7.01. The van der Waals surface area contributed by atoms with E-state index in [2.05, 4.69) is 56.3 Å². The van der Waals surface area contributed by atoms with E-state index in [-0.39, 0.29) is 12.1 Å². The van der Waals surface area contributed by atoms with E-state index in [1.54, 1.807) is 11.1 Å². The number of aliphatic hydroxyl groups is 1. The number of fused-ring (bicyclic) bond motifs is 1. The van der Waals surface area contributed by atoms with Gasteiger partial charge in [-0.1, -0.05) is 50.2 Å². The van der Waals surface area contributed by atoms with E-state index in [1.807, 2.05) is 11.8 Å². The molecule has 1 fully saturated rings. The quantitative estimate of drug-likeness (QED) is 0.605. The van der Waals surface area contributed by atoms with E-state index in [1.165, 1.54) is 41.0 Å². The molecule has 0 radical (unpaired) electrons. The van der Waals surface area contributed by atoms with Gasteiger partial charge >= 0.3 is 0 Å². The minimum Gasteiger partial charge on any atom is -0.394 e. The van der Waals surface area contributed by atoms with Gasteiger partial charge < -0.3 is 10.8 Å². The van der Waals surface area contributed by atoms with Crippen molar-refractivity contribution in [3.8, 4) is 0 Å². The fourth-order valence-corrected chi connectivity index (χ4v) is 6.47. The van der Waals surface area contributed by atoms with Gasteiger partial charge in [0.15, 0.2) is 0 Å². The largest absolute Gasteiger partial charge is 0.394 e. The van der Waals surface area contributed by atoms with Gasteiger partial charge in [-0.2, -0.15) is 0 Å². The summed E-state index contributed by atoms with van der Waals surface area (Å²) in [5.41, 5.74) is 11.9. The predicted octanol–water partition coefficient (Wildman–Crippen LogP) is 5.66. The van der Waals surface area contributed by atoms with Crippen LogP contribution < -0.4 is 5.73 Å². The summed E-state index contributed by atoms with van der Waals surface area (Å²) in [6, 6.07) is 16.0. The molecule has 2 aliphatic carbocycles. The van der Waals surface area contributed by atoms with Gasteiger partial charge in [0.05, 0.1) is 6.61 Å². The normalized spacial score (nSPS) is 26.7. The Bertz CT molecular complexity index is 848. The van der Waals surface area contributed by atoms with Crippen molar-refractivity contribution in [2.75, 3.05) is 12.4 Å². The van der Waals surface area contributed by atoms with E-state index in [4.69, 9.17) is 5.73 Å². The van der Waals surface area contributed by atoms with Crippen LogP contribution in [0.25, 0.3) is 0 Å². The van der Waals surface area contributed by atoms with Gasteiger partial charge in [-0.15, -0.1) is 11.8 Å². The Morgan fingerprint density at radius 1 is 1.14 bits per heavy atom. The van der Waals surface area contributed by atoms with E-state index in [0.717, 1.165) is 25.2 Å². The molecular formula is C26H35NOS. The number of hydrogen-bond acceptors (Lipinski definition) is 3. The predicted molar refractivity (Wildman–Crippen MR) is 124 cm³/mol. The van der Waals surface area contributed by atoms with Crippen molar-refractivity contribution in [2.24, 2.45) is 11.7 Å². The summed E-state index contributed by atoms with van der Waals surface area (Å²) in [4.78, 5) is 1.46. The molecule has 0 aliphatic heterocycles. The molecule has 0 saturated heterocycles. The Balaban J connectivity index is 1.39. The van der Waals surface area contributed by atoms with Gasteiger partial charge in [-0.05, 0) is 84.6 Å². The Hall–Kier alpha value is -1.29. The standard InChI is InChI=1S/C26H35NOS/c1-18(2)24-5-3-4-6-25(24)29-16-19-7-8-21-14-22(10-9-20(21)13-19)23-11-12-26(27,15-23)17-28/h3-6,9-10,14,18-19,23,28H,7-8,11-13,15-17,27H2,1-2H3/t19?,23-,26+/m0/s1. The number of thioether (sulfide) groups is 1. The average Bonchev–Trinajstić information content (AvgIpc) is 3.14. The summed E-state index contributed by atoms with van der Waals surface area (Å²) in [5.74, 6) is 3.06. The lowest BCUT2D eigenvalue weighted by Gasteiger charge is -2.26. The third-order valence-corrected chi connectivity index (χ3v) is 8.33. The lowest BCUT2D eigenvalue weighted by molar-refractivity contribution is 0.198. The van der Waals surface area contributed by atoms with Gasteiger partial charge in [-0.3, -0.25) is 0 Å². The SMILES string of the molecule is CC(C)c1ccccc1SCC1CCc2cc([C@H]3CC[C@](N)(CO)C3)ccc2C1. The van der Waals surface area contributed by atoms with Gasteiger partial charge in [-0.25, -0.2) is 0 Å². The minimum atomic E-state index is -0.366. The molecule has 29 heavy (non-hydrogen) atoms. The highest BCUT2D eigenvalue weighted by Crippen LogP contribution is 2.41. The van der Waals surface area contributed by atoms with Crippen molar-refractivity contribution in [1.82, 2.24) is 0 Å². The molecule has 3 heteroatoms. The number of rotatable bonds is 6. The molecule has 2 aromatic carbocycles. The number of aliphatic hydroxyl groups excluding tert-OH is 1. The summed E-state index contributed by atoms with van der Waals surface area (Å²) in [7, 11) is 0. The van der Waals surface area contributed by atoms with E-state index in [0.29, 0.717) is 11.8 Å². The van der Waals surface area contributed by atoms with Crippen molar-refractivity contribution in [3.63, 3.8) is 0 Å². The number of nitrogens with two attached hydrogens (primary N) is 1. The lowest BCUT2D eigenvalue weighted by Crippen LogP contribution is -2.40. The summed E-state index contributed by atoms with van der Waals surface area (Å²) in [6.45, 7) is 4.68. The van der Waals surface area contributed by atoms with Crippen LogP contribution in [0.1, 0.15) is 73.6 Å². The molecule has 0 bridgehead atoms. The molecule has 3 N–H and O–H groups in total. The molecular weight excluding hydrogens is 374 g/mol. The first-order valence-electron chi connectivity index (χ1n) is 11.2. The van der Waals surface area contributed by atoms with Crippen molar-refractivity contribution >= 4 is 11.8 Å². The van der Waals surface area contributed by atoms with Crippen LogP contribution in [0.15, 0.2) is 47.4 Å². The second-order valence-electron chi connectivity index (χ2n) is 9.60. The van der Waals surface area contributed by atoms with Crippen molar-refractivity contribution in [3.05, 3.63) is 64.7 Å². The summed E-state index contributed by atoms with van der Waals surface area (Å²) in [5, 5.41) is 9.56. The molecule has 2 nitrogen and oxygen atoms in total. The second kappa shape index (κ2) is 8.83. The van der Waals surface area contributed by atoms with Crippen LogP contribution >= 0.6 is 11.8 Å². The Labute approximate surface area is 180 Å². The fourth-order valence-electron chi connectivity index (χ4n) is 5.13. The highest BCUT2D eigenvalue weighted by Gasteiger charge is 2.36. The molecule has 156 valence electrons. The van der Waals surface area contributed by atoms with Crippen LogP contribution in [0.3, 0.4) is 0 Å². The van der Waals surface area contributed by atoms with Crippen LogP contribution in [0.4, 0.5) is 0 Å². The maximum atomic E-state index is 9.56. The molecule has 0 aromatic heterocycles.